The maximum atomic E-state index is 11.7. The number of aliphatic carboxylic acids is 1. The number of aromatic nitrogens is 1. The van der Waals surface area contributed by atoms with Crippen LogP contribution in [0.15, 0.2) is 65.1 Å². The molecule has 1 fully saturated rings. The smallest absolute Gasteiger partial charge is 0.320 e. The van der Waals surface area contributed by atoms with Gasteiger partial charge in [0, 0.05) is 12.1 Å². The van der Waals surface area contributed by atoms with Gasteiger partial charge in [-0.15, -0.1) is 0 Å². The lowest BCUT2D eigenvalue weighted by Crippen LogP contribution is -2.44. The van der Waals surface area contributed by atoms with Crippen LogP contribution in [-0.4, -0.2) is 33.5 Å². The summed E-state index contributed by atoms with van der Waals surface area (Å²) in [6, 6.07) is 21.4. The number of likely N-dealkylation sites (tertiary alicyclic amines) is 1. The van der Waals surface area contributed by atoms with E-state index in [1.807, 2.05) is 72.5 Å². The number of benzene rings is 3. The zero-order chi connectivity index (χ0) is 23.7. The third-order valence-electron chi connectivity index (χ3n) is 6.51. The molecule has 34 heavy (non-hydrogen) atoms. The summed E-state index contributed by atoms with van der Waals surface area (Å²) in [4.78, 5) is 18.5. The van der Waals surface area contributed by atoms with E-state index in [0.717, 1.165) is 41.6 Å². The molecule has 1 N–H and O–H groups in total. The van der Waals surface area contributed by atoms with E-state index < -0.39 is 12.0 Å². The van der Waals surface area contributed by atoms with E-state index in [9.17, 15) is 15.2 Å². The number of hydrogen-bond donors (Lipinski definition) is 1. The highest BCUT2D eigenvalue weighted by atomic mass is 16.4. The summed E-state index contributed by atoms with van der Waals surface area (Å²) in [7, 11) is 0. The fourth-order valence-electron chi connectivity index (χ4n) is 4.88. The molecule has 0 saturated carbocycles. The summed E-state index contributed by atoms with van der Waals surface area (Å²) < 4.78 is 6.15. The summed E-state index contributed by atoms with van der Waals surface area (Å²) in [5.41, 5.74) is 6.32. The molecule has 5 rings (SSSR count). The van der Waals surface area contributed by atoms with Crippen molar-refractivity contribution in [1.82, 2.24) is 9.88 Å². The Morgan fingerprint density at radius 1 is 1.15 bits per heavy atom. The molecule has 2 heterocycles. The minimum Gasteiger partial charge on any atom is -0.480 e. The van der Waals surface area contributed by atoms with Gasteiger partial charge in [-0.3, -0.25) is 9.69 Å². The number of rotatable bonds is 5. The highest BCUT2D eigenvalue weighted by Crippen LogP contribution is 2.34. The molecule has 6 heteroatoms. The van der Waals surface area contributed by atoms with Crippen molar-refractivity contribution in [2.75, 3.05) is 6.54 Å². The topological polar surface area (TPSA) is 90.4 Å². The largest absolute Gasteiger partial charge is 0.480 e. The van der Waals surface area contributed by atoms with E-state index in [1.54, 1.807) is 0 Å². The van der Waals surface area contributed by atoms with Crippen molar-refractivity contribution < 1.29 is 14.3 Å². The fraction of sp³-hybridized carbons (Fsp3) is 0.250. The van der Waals surface area contributed by atoms with Crippen molar-refractivity contribution in [3.63, 3.8) is 0 Å². The Morgan fingerprint density at radius 2 is 1.94 bits per heavy atom. The summed E-state index contributed by atoms with van der Waals surface area (Å²) >= 11 is 0. The van der Waals surface area contributed by atoms with Crippen LogP contribution in [0.25, 0.3) is 33.7 Å². The van der Waals surface area contributed by atoms with E-state index in [1.165, 1.54) is 0 Å². The monoisotopic (exact) mass is 451 g/mol. The van der Waals surface area contributed by atoms with Crippen LogP contribution in [0.4, 0.5) is 0 Å². The maximum absolute atomic E-state index is 11.7. The molecule has 0 spiro atoms. The van der Waals surface area contributed by atoms with E-state index >= 15 is 0 Å². The zero-order valence-electron chi connectivity index (χ0n) is 19.0. The highest BCUT2D eigenvalue weighted by Gasteiger charge is 2.28. The zero-order valence-corrected chi connectivity index (χ0v) is 19.0. The van der Waals surface area contributed by atoms with Gasteiger partial charge in [0.05, 0.1) is 11.1 Å². The van der Waals surface area contributed by atoms with Crippen LogP contribution < -0.4 is 0 Å². The van der Waals surface area contributed by atoms with E-state index in [4.69, 9.17) is 9.40 Å². The van der Waals surface area contributed by atoms with Gasteiger partial charge in [-0.2, -0.15) is 5.26 Å². The van der Waals surface area contributed by atoms with Gasteiger partial charge in [0.15, 0.2) is 5.58 Å². The van der Waals surface area contributed by atoms with Crippen LogP contribution in [-0.2, 0) is 11.3 Å². The van der Waals surface area contributed by atoms with E-state index in [2.05, 4.69) is 6.07 Å². The standard InChI is InChI=1S/C28H25N3O3/c1-18-14-19(17-31-13-6-5-12-25(31)28(32)33)15-24-26(18)34-27(30-24)22-11-7-10-21(23(22)16-29)20-8-3-2-4-9-20/h2-4,7-11,14-15,25H,5-6,12-13,17H2,1H3,(H,32,33). The van der Waals surface area contributed by atoms with Gasteiger partial charge in [-0.1, -0.05) is 55.0 Å². The molecule has 1 unspecified atom stereocenters. The second kappa shape index (κ2) is 9.12. The Labute approximate surface area is 198 Å². The molecule has 4 aromatic rings. The number of carboxylic acids is 1. The van der Waals surface area contributed by atoms with Gasteiger partial charge >= 0.3 is 5.97 Å². The molecule has 0 bridgehead atoms. The minimum atomic E-state index is -0.761. The van der Waals surface area contributed by atoms with Gasteiger partial charge in [-0.25, -0.2) is 4.98 Å². The van der Waals surface area contributed by atoms with Gasteiger partial charge in [0.2, 0.25) is 5.89 Å². The number of fused-ring (bicyclic) bond motifs is 1. The molecule has 1 atom stereocenters. The van der Waals surface area contributed by atoms with Gasteiger partial charge < -0.3 is 9.52 Å². The summed E-state index contributed by atoms with van der Waals surface area (Å²) in [5, 5.41) is 19.6. The number of aryl methyl sites for hydroxylation is 1. The molecule has 0 aliphatic carbocycles. The van der Waals surface area contributed by atoms with Crippen LogP contribution in [0.1, 0.15) is 36.0 Å². The SMILES string of the molecule is Cc1cc(CN2CCCCC2C(=O)O)cc2nc(-c3cccc(-c4ccccc4)c3C#N)oc12. The Bertz CT molecular complexity index is 1400. The fourth-order valence-corrected chi connectivity index (χ4v) is 4.88. The molecule has 1 saturated heterocycles. The van der Waals surface area contributed by atoms with Gasteiger partial charge in [0.1, 0.15) is 17.6 Å². The first-order valence-electron chi connectivity index (χ1n) is 11.5. The number of nitrogens with zero attached hydrogens (tertiary/aromatic N) is 3. The summed E-state index contributed by atoms with van der Waals surface area (Å²) in [6.07, 6.45) is 2.63. The second-order valence-electron chi connectivity index (χ2n) is 8.81. The Kier molecular flexibility index (Phi) is 5.87. The predicted octanol–water partition coefficient (Wildman–Crippen LogP) is 5.78. The Balaban J connectivity index is 1.53. The van der Waals surface area contributed by atoms with Crippen molar-refractivity contribution in [2.45, 2.75) is 38.8 Å². The number of carbonyl (C=O) groups is 1. The first-order valence-corrected chi connectivity index (χ1v) is 11.5. The summed E-state index contributed by atoms with van der Waals surface area (Å²) in [6.45, 7) is 3.30. The van der Waals surface area contributed by atoms with Crippen LogP contribution in [0, 0.1) is 18.3 Å². The molecule has 1 aromatic heterocycles. The lowest BCUT2D eigenvalue weighted by atomic mass is 9.96. The first-order chi connectivity index (χ1) is 16.5. The van der Waals surface area contributed by atoms with Crippen LogP contribution in [0.5, 0.6) is 0 Å². The molecule has 1 aliphatic rings. The number of nitriles is 1. The molecule has 0 amide bonds. The van der Waals surface area contributed by atoms with Crippen LogP contribution >= 0.6 is 0 Å². The molecule has 3 aromatic carbocycles. The second-order valence-corrected chi connectivity index (χ2v) is 8.81. The van der Waals surface area contributed by atoms with Crippen LogP contribution in [0.3, 0.4) is 0 Å². The number of piperidine rings is 1. The molecule has 0 radical (unpaired) electrons. The number of hydrogen-bond acceptors (Lipinski definition) is 5. The highest BCUT2D eigenvalue weighted by molar-refractivity contribution is 5.84. The lowest BCUT2D eigenvalue weighted by Gasteiger charge is -2.32. The van der Waals surface area contributed by atoms with Crippen molar-refractivity contribution >= 4 is 17.1 Å². The van der Waals surface area contributed by atoms with E-state index in [0.29, 0.717) is 41.1 Å². The molecular weight excluding hydrogens is 426 g/mol. The van der Waals surface area contributed by atoms with Crippen molar-refractivity contribution in [3.05, 3.63) is 77.4 Å². The number of oxazole rings is 1. The minimum absolute atomic E-state index is 0.408. The third kappa shape index (κ3) is 4.07. The molecular formula is C28H25N3O3. The predicted molar refractivity (Wildman–Crippen MR) is 130 cm³/mol. The Morgan fingerprint density at radius 3 is 2.71 bits per heavy atom. The average Bonchev–Trinajstić information content (AvgIpc) is 3.29. The molecule has 1 aliphatic heterocycles. The van der Waals surface area contributed by atoms with Crippen molar-refractivity contribution in [2.24, 2.45) is 0 Å². The molecule has 6 nitrogen and oxygen atoms in total. The van der Waals surface area contributed by atoms with Crippen LogP contribution in [0.2, 0.25) is 0 Å². The maximum Gasteiger partial charge on any atom is 0.320 e. The number of carboxylic acid groups (broad SMARTS) is 1. The summed E-state index contributed by atoms with van der Waals surface area (Å²) in [5.74, 6) is -0.352. The lowest BCUT2D eigenvalue weighted by molar-refractivity contribution is -0.144. The third-order valence-corrected chi connectivity index (χ3v) is 6.51. The average molecular weight is 452 g/mol. The quantitative estimate of drug-likeness (QED) is 0.414. The Hall–Kier alpha value is -3.95. The van der Waals surface area contributed by atoms with Crippen molar-refractivity contribution in [1.29, 1.82) is 5.26 Å². The van der Waals surface area contributed by atoms with E-state index in [-0.39, 0.29) is 0 Å². The molecule has 170 valence electrons. The first kappa shape index (κ1) is 21.9. The van der Waals surface area contributed by atoms with Crippen molar-refractivity contribution in [3.8, 4) is 28.7 Å². The van der Waals surface area contributed by atoms with Gasteiger partial charge in [-0.05, 0) is 55.1 Å². The normalized spacial score (nSPS) is 16.4. The van der Waals surface area contributed by atoms with Gasteiger partial charge in [0.25, 0.3) is 0 Å².